The molecule has 0 aromatic heterocycles. The lowest BCUT2D eigenvalue weighted by Gasteiger charge is -2.16. The minimum Gasteiger partial charge on any atom is -0.494 e. The third-order valence-corrected chi connectivity index (χ3v) is 2.86. The van der Waals surface area contributed by atoms with Crippen LogP contribution in [0.5, 0.6) is 5.75 Å². The van der Waals surface area contributed by atoms with Crippen LogP contribution in [0.15, 0.2) is 24.3 Å². The highest BCUT2D eigenvalue weighted by Gasteiger charge is 2.20. The molecule has 2 atom stereocenters. The minimum absolute atomic E-state index is 0.00757. The number of ether oxygens (including phenoxy) is 1. The largest absolute Gasteiger partial charge is 0.494 e. The van der Waals surface area contributed by atoms with E-state index in [0.717, 1.165) is 11.3 Å². The molecule has 1 N–H and O–H groups in total. The van der Waals surface area contributed by atoms with Gasteiger partial charge in [-0.3, -0.25) is 4.79 Å². The van der Waals surface area contributed by atoms with E-state index in [4.69, 9.17) is 9.84 Å². The van der Waals surface area contributed by atoms with E-state index in [1.54, 1.807) is 6.92 Å². The topological polar surface area (TPSA) is 46.5 Å². The number of benzene rings is 1. The first kappa shape index (κ1) is 12.6. The van der Waals surface area contributed by atoms with Crippen molar-refractivity contribution in [2.45, 2.75) is 26.7 Å². The molecule has 2 unspecified atom stereocenters. The fraction of sp³-hybridized carbons (Fsp3) is 0.462. The molecule has 0 saturated carbocycles. The average Bonchev–Trinajstić information content (AvgIpc) is 2.28. The average molecular weight is 222 g/mol. The van der Waals surface area contributed by atoms with Gasteiger partial charge in [0.1, 0.15) is 5.75 Å². The minimum atomic E-state index is -0.763. The highest BCUT2D eigenvalue weighted by molar-refractivity contribution is 5.70. The molecule has 88 valence electrons. The van der Waals surface area contributed by atoms with Crippen molar-refractivity contribution in [3.05, 3.63) is 29.8 Å². The van der Waals surface area contributed by atoms with Crippen molar-refractivity contribution in [3.63, 3.8) is 0 Å². The summed E-state index contributed by atoms with van der Waals surface area (Å²) in [5.41, 5.74) is 1.03. The van der Waals surface area contributed by atoms with E-state index in [0.29, 0.717) is 6.61 Å². The molecular formula is C13H18O3. The van der Waals surface area contributed by atoms with Crippen LogP contribution in [0.1, 0.15) is 32.3 Å². The molecule has 3 heteroatoms. The fourth-order valence-corrected chi connectivity index (χ4v) is 1.54. The maximum absolute atomic E-state index is 10.9. The highest BCUT2D eigenvalue weighted by Crippen LogP contribution is 2.25. The Morgan fingerprint density at radius 1 is 1.31 bits per heavy atom. The van der Waals surface area contributed by atoms with Gasteiger partial charge < -0.3 is 9.84 Å². The lowest BCUT2D eigenvalue weighted by atomic mass is 9.89. The highest BCUT2D eigenvalue weighted by atomic mass is 16.5. The van der Waals surface area contributed by atoms with Crippen LogP contribution < -0.4 is 4.74 Å². The number of hydrogen-bond donors (Lipinski definition) is 1. The molecule has 0 radical (unpaired) electrons. The van der Waals surface area contributed by atoms with Crippen LogP contribution in [0.2, 0.25) is 0 Å². The smallest absolute Gasteiger partial charge is 0.306 e. The van der Waals surface area contributed by atoms with Crippen LogP contribution in [-0.2, 0) is 4.79 Å². The third-order valence-electron chi connectivity index (χ3n) is 2.86. The van der Waals surface area contributed by atoms with E-state index >= 15 is 0 Å². The zero-order valence-electron chi connectivity index (χ0n) is 9.93. The summed E-state index contributed by atoms with van der Waals surface area (Å²) in [5, 5.41) is 8.93. The maximum atomic E-state index is 10.9. The van der Waals surface area contributed by atoms with E-state index in [2.05, 4.69) is 0 Å². The predicted molar refractivity (Wildman–Crippen MR) is 62.8 cm³/mol. The van der Waals surface area contributed by atoms with Gasteiger partial charge >= 0.3 is 5.97 Å². The zero-order chi connectivity index (χ0) is 12.1. The van der Waals surface area contributed by atoms with Crippen molar-refractivity contribution in [3.8, 4) is 5.75 Å². The van der Waals surface area contributed by atoms with E-state index in [1.807, 2.05) is 38.1 Å². The van der Waals surface area contributed by atoms with E-state index in [1.165, 1.54) is 0 Å². The van der Waals surface area contributed by atoms with Gasteiger partial charge in [-0.15, -0.1) is 0 Å². The number of hydrogen-bond acceptors (Lipinski definition) is 2. The van der Waals surface area contributed by atoms with Crippen molar-refractivity contribution in [2.24, 2.45) is 5.92 Å². The van der Waals surface area contributed by atoms with Gasteiger partial charge in [-0.05, 0) is 30.5 Å². The molecule has 0 aliphatic heterocycles. The van der Waals surface area contributed by atoms with Crippen LogP contribution in [0, 0.1) is 5.92 Å². The molecule has 0 aliphatic carbocycles. The SMILES string of the molecule is CCOc1ccc(C(C)C(C)C(=O)O)cc1. The third kappa shape index (κ3) is 2.99. The molecule has 0 heterocycles. The summed E-state index contributed by atoms with van der Waals surface area (Å²) in [6.07, 6.45) is 0. The van der Waals surface area contributed by atoms with Crippen molar-refractivity contribution in [2.75, 3.05) is 6.61 Å². The second-order valence-electron chi connectivity index (χ2n) is 3.92. The second kappa shape index (κ2) is 5.54. The van der Waals surface area contributed by atoms with Gasteiger partial charge in [0, 0.05) is 0 Å². The molecule has 1 aromatic carbocycles. The Morgan fingerprint density at radius 3 is 2.31 bits per heavy atom. The summed E-state index contributed by atoms with van der Waals surface area (Å²) in [4.78, 5) is 10.9. The van der Waals surface area contributed by atoms with E-state index < -0.39 is 5.97 Å². The van der Waals surface area contributed by atoms with Gasteiger partial charge in [-0.25, -0.2) is 0 Å². The van der Waals surface area contributed by atoms with Crippen LogP contribution in [-0.4, -0.2) is 17.7 Å². The van der Waals surface area contributed by atoms with E-state index in [9.17, 15) is 4.79 Å². The van der Waals surface area contributed by atoms with Crippen LogP contribution in [0.25, 0.3) is 0 Å². The van der Waals surface area contributed by atoms with Crippen molar-refractivity contribution >= 4 is 5.97 Å². The van der Waals surface area contributed by atoms with Gasteiger partial charge in [0.25, 0.3) is 0 Å². The summed E-state index contributed by atoms with van der Waals surface area (Å²) in [6, 6.07) is 7.61. The van der Waals surface area contributed by atoms with Gasteiger partial charge in [-0.1, -0.05) is 26.0 Å². The van der Waals surface area contributed by atoms with Gasteiger partial charge in [-0.2, -0.15) is 0 Å². The summed E-state index contributed by atoms with van der Waals surface area (Å²) < 4.78 is 5.33. The Bertz CT molecular complexity index is 343. The summed E-state index contributed by atoms with van der Waals surface area (Å²) >= 11 is 0. The fourth-order valence-electron chi connectivity index (χ4n) is 1.54. The Kier molecular flexibility index (Phi) is 4.35. The molecule has 16 heavy (non-hydrogen) atoms. The van der Waals surface area contributed by atoms with Crippen molar-refractivity contribution in [1.82, 2.24) is 0 Å². The monoisotopic (exact) mass is 222 g/mol. The van der Waals surface area contributed by atoms with Crippen LogP contribution >= 0.6 is 0 Å². The second-order valence-corrected chi connectivity index (χ2v) is 3.92. The number of aliphatic carboxylic acids is 1. The Morgan fingerprint density at radius 2 is 1.88 bits per heavy atom. The number of rotatable bonds is 5. The first-order valence-corrected chi connectivity index (χ1v) is 5.51. The summed E-state index contributed by atoms with van der Waals surface area (Å²) in [7, 11) is 0. The van der Waals surface area contributed by atoms with Gasteiger partial charge in [0.15, 0.2) is 0 Å². The quantitative estimate of drug-likeness (QED) is 0.833. The lowest BCUT2D eigenvalue weighted by Crippen LogP contribution is -2.16. The number of carboxylic acid groups (broad SMARTS) is 1. The maximum Gasteiger partial charge on any atom is 0.306 e. The molecule has 3 nitrogen and oxygen atoms in total. The Labute approximate surface area is 96.1 Å². The molecule has 0 fully saturated rings. The first-order valence-electron chi connectivity index (χ1n) is 5.51. The lowest BCUT2D eigenvalue weighted by molar-refractivity contribution is -0.141. The molecular weight excluding hydrogens is 204 g/mol. The molecule has 0 aliphatic rings. The zero-order valence-corrected chi connectivity index (χ0v) is 9.93. The number of carbonyl (C=O) groups is 1. The molecule has 0 bridgehead atoms. The first-order chi connectivity index (χ1) is 7.56. The standard InChI is InChI=1S/C13H18O3/c1-4-16-12-7-5-11(6-8-12)9(2)10(3)13(14)15/h5-10H,4H2,1-3H3,(H,14,15). The van der Waals surface area contributed by atoms with E-state index in [-0.39, 0.29) is 11.8 Å². The van der Waals surface area contributed by atoms with Crippen LogP contribution in [0.3, 0.4) is 0 Å². The molecule has 0 spiro atoms. The summed E-state index contributed by atoms with van der Waals surface area (Å²) in [5.74, 6) is -0.311. The van der Waals surface area contributed by atoms with Crippen molar-refractivity contribution in [1.29, 1.82) is 0 Å². The van der Waals surface area contributed by atoms with Crippen LogP contribution in [0.4, 0.5) is 0 Å². The van der Waals surface area contributed by atoms with Gasteiger partial charge in [0.05, 0.1) is 12.5 Å². The molecule has 1 rings (SSSR count). The van der Waals surface area contributed by atoms with Gasteiger partial charge in [0.2, 0.25) is 0 Å². The molecule has 1 aromatic rings. The van der Waals surface area contributed by atoms with Crippen molar-refractivity contribution < 1.29 is 14.6 Å². The Hall–Kier alpha value is -1.51. The summed E-state index contributed by atoms with van der Waals surface area (Å²) in [6.45, 7) is 6.22. The Balaban J connectivity index is 2.77. The normalized spacial score (nSPS) is 14.2. The predicted octanol–water partition coefficient (Wildman–Crippen LogP) is 2.91. The molecule has 0 amide bonds. The number of carboxylic acids is 1. The molecule has 0 saturated heterocycles.